The van der Waals surface area contributed by atoms with Gasteiger partial charge in [-0.15, -0.1) is 0 Å². The molecule has 0 spiro atoms. The monoisotopic (exact) mass is 444 g/mol. The van der Waals surface area contributed by atoms with Crippen molar-refractivity contribution in [3.63, 3.8) is 0 Å². The lowest BCUT2D eigenvalue weighted by molar-refractivity contribution is 0.111. The molecule has 8 heteroatoms. The quantitative estimate of drug-likeness (QED) is 0.681. The van der Waals surface area contributed by atoms with Gasteiger partial charge in [-0.05, 0) is 53.0 Å². The van der Waals surface area contributed by atoms with Crippen LogP contribution in [0.2, 0.25) is 0 Å². The summed E-state index contributed by atoms with van der Waals surface area (Å²) in [5.41, 5.74) is 3.01. The molecule has 0 bridgehead atoms. The minimum Gasteiger partial charge on any atom is -0.502 e. The number of phenolic OH excluding ortho intramolecular Hbond substituents is 1. The standard InChI is InChI=1S/C23H24O7S/c1-11-20-15(9-27-11)23(30-31-4)14-8-17-16(28-10-29-17)7-13(14)21(20)12-5-18(25-2)22(24)19(6-12)26-3/h5-8,15,20-21,23-24H,1,9-10H2,2-4H3/t15-,20-,21+,23+/m0/s1. The number of rotatable bonds is 5. The van der Waals surface area contributed by atoms with Crippen molar-refractivity contribution in [1.82, 2.24) is 0 Å². The highest BCUT2D eigenvalue weighted by molar-refractivity contribution is 7.93. The fourth-order valence-electron chi connectivity index (χ4n) is 4.97. The molecule has 1 fully saturated rings. The Morgan fingerprint density at radius 1 is 1.00 bits per heavy atom. The predicted molar refractivity (Wildman–Crippen MR) is 115 cm³/mol. The molecule has 4 atom stereocenters. The average Bonchev–Trinajstić information content (AvgIpc) is 3.39. The minimum absolute atomic E-state index is 0.0241. The number of hydrogen-bond donors (Lipinski definition) is 1. The van der Waals surface area contributed by atoms with Gasteiger partial charge in [-0.3, -0.25) is 0 Å². The third-order valence-corrected chi connectivity index (χ3v) is 6.72. The number of aromatic hydroxyl groups is 1. The van der Waals surface area contributed by atoms with Gasteiger partial charge in [0.2, 0.25) is 12.5 Å². The highest BCUT2D eigenvalue weighted by Gasteiger charge is 2.50. The van der Waals surface area contributed by atoms with Crippen LogP contribution in [0.25, 0.3) is 0 Å². The smallest absolute Gasteiger partial charge is 0.231 e. The molecule has 1 aliphatic carbocycles. The van der Waals surface area contributed by atoms with E-state index in [9.17, 15) is 5.11 Å². The molecule has 0 unspecified atom stereocenters. The number of allylic oxidation sites excluding steroid dienone is 1. The number of methoxy groups -OCH3 is 2. The second kappa shape index (κ2) is 7.76. The summed E-state index contributed by atoms with van der Waals surface area (Å²) in [6.45, 7) is 4.92. The highest BCUT2D eigenvalue weighted by Crippen LogP contribution is 2.58. The van der Waals surface area contributed by atoms with Gasteiger partial charge < -0.3 is 33.0 Å². The minimum atomic E-state index is -0.180. The van der Waals surface area contributed by atoms with Gasteiger partial charge in [0.1, 0.15) is 6.10 Å². The van der Waals surface area contributed by atoms with Crippen LogP contribution in [0.3, 0.4) is 0 Å². The summed E-state index contributed by atoms with van der Waals surface area (Å²) in [4.78, 5) is 0. The molecule has 31 heavy (non-hydrogen) atoms. The zero-order chi connectivity index (χ0) is 21.7. The Labute approximate surface area is 185 Å². The fourth-order valence-corrected chi connectivity index (χ4v) is 5.42. The molecule has 164 valence electrons. The van der Waals surface area contributed by atoms with Crippen molar-refractivity contribution >= 4 is 12.0 Å². The molecule has 5 rings (SSSR count). The van der Waals surface area contributed by atoms with Crippen LogP contribution >= 0.6 is 12.0 Å². The first-order valence-corrected chi connectivity index (χ1v) is 11.1. The van der Waals surface area contributed by atoms with Gasteiger partial charge in [0.25, 0.3) is 0 Å². The van der Waals surface area contributed by atoms with Crippen molar-refractivity contribution in [2.24, 2.45) is 11.8 Å². The first kappa shape index (κ1) is 20.2. The van der Waals surface area contributed by atoms with E-state index >= 15 is 0 Å². The number of fused-ring (bicyclic) bond motifs is 3. The van der Waals surface area contributed by atoms with E-state index in [4.69, 9.17) is 27.9 Å². The molecule has 0 saturated carbocycles. The Kier molecular flexibility index (Phi) is 5.06. The number of phenols is 1. The van der Waals surface area contributed by atoms with Crippen molar-refractivity contribution in [1.29, 1.82) is 0 Å². The molecule has 0 radical (unpaired) electrons. The van der Waals surface area contributed by atoms with E-state index in [1.165, 1.54) is 26.3 Å². The fraction of sp³-hybridized carbons (Fsp3) is 0.391. The van der Waals surface area contributed by atoms with E-state index in [-0.39, 0.29) is 36.4 Å². The van der Waals surface area contributed by atoms with E-state index < -0.39 is 0 Å². The topological polar surface area (TPSA) is 75.6 Å². The Bertz CT molecular complexity index is 1010. The summed E-state index contributed by atoms with van der Waals surface area (Å²) < 4.78 is 34.2. The molecular formula is C23H24O7S. The van der Waals surface area contributed by atoms with E-state index in [0.29, 0.717) is 29.6 Å². The third kappa shape index (κ3) is 3.08. The Morgan fingerprint density at radius 3 is 2.26 bits per heavy atom. The molecule has 7 nitrogen and oxygen atoms in total. The Hall–Kier alpha value is -2.71. The number of ether oxygens (including phenoxy) is 5. The van der Waals surface area contributed by atoms with Gasteiger partial charge in [-0.1, -0.05) is 6.58 Å². The molecule has 1 N–H and O–H groups in total. The van der Waals surface area contributed by atoms with Crippen molar-refractivity contribution < 1.29 is 33.0 Å². The summed E-state index contributed by atoms with van der Waals surface area (Å²) >= 11 is 1.34. The summed E-state index contributed by atoms with van der Waals surface area (Å²) in [6, 6.07) is 7.72. The van der Waals surface area contributed by atoms with E-state index in [0.717, 1.165) is 22.4 Å². The normalized spacial score (nSPS) is 25.6. The Balaban J connectivity index is 1.75. The van der Waals surface area contributed by atoms with E-state index in [1.807, 2.05) is 30.5 Å². The summed E-state index contributed by atoms with van der Waals surface area (Å²) in [6.07, 6.45) is 1.73. The molecule has 2 heterocycles. The van der Waals surface area contributed by atoms with Crippen LogP contribution in [0.5, 0.6) is 28.7 Å². The van der Waals surface area contributed by atoms with Gasteiger partial charge in [-0.2, -0.15) is 0 Å². The largest absolute Gasteiger partial charge is 0.502 e. The average molecular weight is 445 g/mol. The lowest BCUT2D eigenvalue weighted by atomic mass is 9.65. The second-order valence-corrected chi connectivity index (χ2v) is 8.26. The third-order valence-electron chi connectivity index (χ3n) is 6.32. The second-order valence-electron chi connectivity index (χ2n) is 7.74. The summed E-state index contributed by atoms with van der Waals surface area (Å²) in [7, 11) is 3.04. The first-order valence-electron chi connectivity index (χ1n) is 9.96. The van der Waals surface area contributed by atoms with Crippen molar-refractivity contribution in [3.05, 3.63) is 53.3 Å². The molecule has 0 amide bonds. The first-order chi connectivity index (χ1) is 15.1. The molecule has 2 aromatic carbocycles. The lowest BCUT2D eigenvalue weighted by Gasteiger charge is -2.39. The van der Waals surface area contributed by atoms with Crippen LogP contribution in [0, 0.1) is 11.8 Å². The highest BCUT2D eigenvalue weighted by atomic mass is 32.2. The van der Waals surface area contributed by atoms with Crippen molar-refractivity contribution in [2.45, 2.75) is 12.0 Å². The lowest BCUT2D eigenvalue weighted by Crippen LogP contribution is -2.33. The molecule has 1 saturated heterocycles. The number of hydrogen-bond acceptors (Lipinski definition) is 8. The van der Waals surface area contributed by atoms with Gasteiger partial charge in [0.15, 0.2) is 23.0 Å². The van der Waals surface area contributed by atoms with E-state index in [2.05, 4.69) is 6.58 Å². The van der Waals surface area contributed by atoms with E-state index in [1.54, 1.807) is 0 Å². The molecular weight excluding hydrogens is 420 g/mol. The van der Waals surface area contributed by atoms with Crippen LogP contribution in [0.1, 0.15) is 28.7 Å². The van der Waals surface area contributed by atoms with Gasteiger partial charge in [0.05, 0.1) is 26.6 Å². The predicted octanol–water partition coefficient (Wildman–Crippen LogP) is 4.40. The zero-order valence-corrected chi connectivity index (χ0v) is 18.4. The maximum atomic E-state index is 10.4. The Morgan fingerprint density at radius 2 is 1.65 bits per heavy atom. The van der Waals surface area contributed by atoms with Crippen LogP contribution in [-0.2, 0) is 8.92 Å². The van der Waals surface area contributed by atoms with Crippen LogP contribution < -0.4 is 18.9 Å². The molecule has 2 aliphatic heterocycles. The van der Waals surface area contributed by atoms with Crippen molar-refractivity contribution in [3.8, 4) is 28.7 Å². The van der Waals surface area contributed by atoms with Crippen molar-refractivity contribution in [2.75, 3.05) is 33.9 Å². The molecule has 2 aromatic rings. The van der Waals surface area contributed by atoms with Crippen LogP contribution in [0.4, 0.5) is 0 Å². The maximum Gasteiger partial charge on any atom is 0.231 e. The van der Waals surface area contributed by atoms with Crippen LogP contribution in [0.15, 0.2) is 36.6 Å². The molecule has 3 aliphatic rings. The number of benzene rings is 2. The summed E-state index contributed by atoms with van der Waals surface area (Å²) in [5, 5.41) is 10.4. The van der Waals surface area contributed by atoms with Gasteiger partial charge in [0, 0.05) is 24.0 Å². The molecule has 0 aromatic heterocycles. The zero-order valence-electron chi connectivity index (χ0n) is 17.5. The maximum absolute atomic E-state index is 10.4. The SMILES string of the molecule is C=C1OC[C@H]2[C@H]1[C@H](c1cc(OC)c(O)c(OC)c1)c1cc3c(cc1[C@H]2OSC)OCO3. The van der Waals surface area contributed by atoms with Gasteiger partial charge >= 0.3 is 0 Å². The summed E-state index contributed by atoms with van der Waals surface area (Å²) in [5.74, 6) is 2.73. The van der Waals surface area contributed by atoms with Gasteiger partial charge in [-0.25, -0.2) is 0 Å². The van der Waals surface area contributed by atoms with Crippen LogP contribution in [-0.4, -0.2) is 39.0 Å².